The zero-order chi connectivity index (χ0) is 11.8. The second-order valence-electron chi connectivity index (χ2n) is 2.63. The van der Waals surface area contributed by atoms with Gasteiger partial charge in [0.25, 0.3) is 0 Å². The minimum Gasteiger partial charge on any atom is -0.372 e. The number of nitrogens with zero attached hydrogens (tertiary/aromatic N) is 2. The molecule has 0 bridgehead atoms. The van der Waals surface area contributed by atoms with E-state index in [1.54, 1.807) is 12.4 Å². The quantitative estimate of drug-likeness (QED) is 0.741. The Morgan fingerprint density at radius 1 is 0.875 bits per heavy atom. The van der Waals surface area contributed by atoms with Gasteiger partial charge in [-0.15, -0.1) is 0 Å². The molecule has 6 heteroatoms. The third kappa shape index (κ3) is 4.94. The highest BCUT2D eigenvalue weighted by Crippen LogP contribution is 2.10. The molecule has 84 valence electrons. The van der Waals surface area contributed by atoms with E-state index in [0.717, 1.165) is 11.4 Å². The standard InChI is InChI=1S/C10H8N2.BrHO3/c1-3-7-11-9(5-1)10-6-2-4-8-12-10;2-1(3)4/h1-8H;2H. The summed E-state index contributed by atoms with van der Waals surface area (Å²) in [5.74, 6) is 0. The van der Waals surface area contributed by atoms with Gasteiger partial charge in [0, 0.05) is 12.4 Å². The highest BCUT2D eigenvalue weighted by Gasteiger charge is 1.95. The fraction of sp³-hybridized carbons (Fsp3) is 0. The summed E-state index contributed by atoms with van der Waals surface area (Å²) in [5, 5.41) is 0. The van der Waals surface area contributed by atoms with Crippen LogP contribution in [0.25, 0.3) is 11.4 Å². The monoisotopic (exact) mass is 284 g/mol. The Balaban J connectivity index is 0.000000280. The van der Waals surface area contributed by atoms with Gasteiger partial charge in [-0.1, -0.05) is 12.1 Å². The lowest BCUT2D eigenvalue weighted by molar-refractivity contribution is -1.63. The van der Waals surface area contributed by atoms with Gasteiger partial charge in [0.15, 0.2) is 0 Å². The van der Waals surface area contributed by atoms with E-state index < -0.39 is 14.8 Å². The molecule has 0 amide bonds. The van der Waals surface area contributed by atoms with E-state index in [0.29, 0.717) is 0 Å². The van der Waals surface area contributed by atoms with E-state index in [1.165, 1.54) is 0 Å². The molecule has 2 heterocycles. The maximum Gasteiger partial charge on any atom is 0.433 e. The summed E-state index contributed by atoms with van der Waals surface area (Å²) < 4.78 is 24.3. The van der Waals surface area contributed by atoms with Crippen molar-refractivity contribution in [3.05, 3.63) is 48.8 Å². The van der Waals surface area contributed by atoms with Crippen molar-refractivity contribution in [2.75, 3.05) is 0 Å². The number of hydrogen-bond donors (Lipinski definition) is 1. The van der Waals surface area contributed by atoms with Crippen LogP contribution in [0, 0.1) is 14.8 Å². The van der Waals surface area contributed by atoms with Gasteiger partial charge in [-0.25, -0.2) is 0 Å². The molecule has 1 N–H and O–H groups in total. The zero-order valence-electron chi connectivity index (χ0n) is 8.15. The van der Waals surface area contributed by atoms with Gasteiger partial charge in [0.2, 0.25) is 0 Å². The minimum absolute atomic E-state index is 0.915. The average Bonchev–Trinajstić information content (AvgIpc) is 2.31. The molecule has 0 aliphatic carbocycles. The van der Waals surface area contributed by atoms with Crippen LogP contribution in [0.1, 0.15) is 0 Å². The summed E-state index contributed by atoms with van der Waals surface area (Å²) in [7, 11) is 0. The van der Waals surface area contributed by atoms with Crippen LogP contribution in [-0.4, -0.2) is 14.2 Å². The topological polar surface area (TPSA) is 92.1 Å². The van der Waals surface area contributed by atoms with Gasteiger partial charge < -0.3 is 8.40 Å². The first kappa shape index (κ1) is 12.7. The van der Waals surface area contributed by atoms with E-state index in [-0.39, 0.29) is 0 Å². The van der Waals surface area contributed by atoms with E-state index in [4.69, 9.17) is 12.6 Å². The number of hydrogen-bond acceptors (Lipinski definition) is 5. The number of rotatable bonds is 1. The Morgan fingerprint density at radius 2 is 1.25 bits per heavy atom. The predicted octanol–water partition coefficient (Wildman–Crippen LogP) is -0.791. The molecule has 16 heavy (non-hydrogen) atoms. The Labute approximate surface area is 97.9 Å². The molecule has 2 aromatic rings. The molecule has 0 spiro atoms. The molecule has 0 aliphatic heterocycles. The van der Waals surface area contributed by atoms with Crippen molar-refractivity contribution in [1.29, 1.82) is 0 Å². The smallest absolute Gasteiger partial charge is 0.372 e. The molecule has 5 nitrogen and oxygen atoms in total. The van der Waals surface area contributed by atoms with Crippen molar-refractivity contribution < 1.29 is 27.4 Å². The highest BCUT2D eigenvalue weighted by atomic mass is 80.0. The fourth-order valence-corrected chi connectivity index (χ4v) is 1.03. The third-order valence-electron chi connectivity index (χ3n) is 1.59. The molecular formula is C10H9BrN2O3. The third-order valence-corrected chi connectivity index (χ3v) is 1.59. The second-order valence-corrected chi connectivity index (χ2v) is 3.47. The van der Waals surface area contributed by atoms with Gasteiger partial charge in [0.05, 0.1) is 11.4 Å². The summed E-state index contributed by atoms with van der Waals surface area (Å²) >= 11 is -3.40. The maximum absolute atomic E-state index is 8.63. The minimum atomic E-state index is -3.40. The first-order valence-electron chi connectivity index (χ1n) is 4.27. The molecule has 2 aromatic heterocycles. The molecule has 0 atom stereocenters. The zero-order valence-corrected chi connectivity index (χ0v) is 9.74. The Morgan fingerprint density at radius 3 is 1.50 bits per heavy atom. The SMILES string of the molecule is [O-][Br+2]([O-])O.c1ccc(-c2ccccn2)nc1. The van der Waals surface area contributed by atoms with E-state index in [2.05, 4.69) is 9.97 Å². The number of aromatic nitrogens is 2. The molecule has 0 unspecified atom stereocenters. The molecule has 0 saturated heterocycles. The molecule has 0 fully saturated rings. The van der Waals surface area contributed by atoms with Gasteiger partial charge in [-0.3, -0.25) is 9.97 Å². The summed E-state index contributed by atoms with van der Waals surface area (Å²) in [5.41, 5.74) is 1.83. The molecular weight excluding hydrogens is 276 g/mol. The van der Waals surface area contributed by atoms with Crippen LogP contribution in [-0.2, 0) is 0 Å². The van der Waals surface area contributed by atoms with Crippen molar-refractivity contribution in [2.45, 2.75) is 0 Å². The van der Waals surface area contributed by atoms with Crippen molar-refractivity contribution in [3.8, 4) is 11.4 Å². The van der Waals surface area contributed by atoms with Gasteiger partial charge >= 0.3 is 14.8 Å². The average molecular weight is 285 g/mol. The number of pyridine rings is 2. The van der Waals surface area contributed by atoms with E-state index in [9.17, 15) is 0 Å². The van der Waals surface area contributed by atoms with Gasteiger partial charge in [-0.05, 0) is 28.5 Å². The fourth-order valence-electron chi connectivity index (χ4n) is 1.03. The van der Waals surface area contributed by atoms with Crippen LogP contribution >= 0.6 is 0 Å². The normalized spacial score (nSPS) is 9.50. The van der Waals surface area contributed by atoms with Crippen LogP contribution in [0.2, 0.25) is 0 Å². The summed E-state index contributed by atoms with van der Waals surface area (Å²) in [4.78, 5) is 8.37. The predicted molar refractivity (Wildman–Crippen MR) is 49.7 cm³/mol. The summed E-state index contributed by atoms with van der Waals surface area (Å²) in [6.07, 6.45) is 3.54. The first-order chi connectivity index (χ1) is 7.70. The first-order valence-corrected chi connectivity index (χ1v) is 6.27. The van der Waals surface area contributed by atoms with Crippen LogP contribution in [0.5, 0.6) is 0 Å². The Kier molecular flexibility index (Phi) is 5.58. The van der Waals surface area contributed by atoms with Crippen LogP contribution in [0.3, 0.4) is 0 Å². The van der Waals surface area contributed by atoms with E-state index in [1.807, 2.05) is 36.4 Å². The van der Waals surface area contributed by atoms with Crippen molar-refractivity contribution >= 4 is 0 Å². The second kappa shape index (κ2) is 7.02. The molecule has 0 aliphatic rings. The van der Waals surface area contributed by atoms with Crippen molar-refractivity contribution in [1.82, 2.24) is 9.97 Å². The lowest BCUT2D eigenvalue weighted by Gasteiger charge is -1.96. The van der Waals surface area contributed by atoms with Gasteiger partial charge in [0.1, 0.15) is 0 Å². The molecule has 0 saturated carbocycles. The Hall–Kier alpha value is -1.34. The van der Waals surface area contributed by atoms with Crippen molar-refractivity contribution in [2.24, 2.45) is 0 Å². The number of halogens is 1. The van der Waals surface area contributed by atoms with E-state index >= 15 is 0 Å². The highest BCUT2D eigenvalue weighted by molar-refractivity contribution is 5.52. The lowest BCUT2D eigenvalue weighted by atomic mass is 10.2. The van der Waals surface area contributed by atoms with Gasteiger partial charge in [-0.2, -0.15) is 0 Å². The van der Waals surface area contributed by atoms with Crippen molar-refractivity contribution in [3.63, 3.8) is 0 Å². The summed E-state index contributed by atoms with van der Waals surface area (Å²) in [6.45, 7) is 0. The maximum atomic E-state index is 8.63. The van der Waals surface area contributed by atoms with Crippen LogP contribution < -0.4 is 8.40 Å². The molecule has 2 rings (SSSR count). The summed E-state index contributed by atoms with van der Waals surface area (Å²) in [6, 6.07) is 11.6. The molecule has 0 radical (unpaired) electrons. The molecule has 0 aromatic carbocycles. The largest absolute Gasteiger partial charge is 0.433 e. The Bertz CT molecular complexity index is 357. The lowest BCUT2D eigenvalue weighted by Crippen LogP contribution is -2.30. The van der Waals surface area contributed by atoms with Crippen LogP contribution in [0.15, 0.2) is 48.8 Å². The van der Waals surface area contributed by atoms with Crippen LogP contribution in [0.4, 0.5) is 0 Å².